The van der Waals surface area contributed by atoms with Crippen LogP contribution in [0.4, 0.5) is 0 Å². The highest BCUT2D eigenvalue weighted by Crippen LogP contribution is 2.08. The van der Waals surface area contributed by atoms with Gasteiger partial charge in [0.25, 0.3) is 0 Å². The van der Waals surface area contributed by atoms with E-state index in [0.717, 1.165) is 24.8 Å². The van der Waals surface area contributed by atoms with Crippen LogP contribution >= 0.6 is 35.3 Å². The van der Waals surface area contributed by atoms with Crippen LogP contribution in [0.1, 0.15) is 4.88 Å². The second kappa shape index (κ2) is 10.4. The molecule has 0 saturated heterocycles. The van der Waals surface area contributed by atoms with Gasteiger partial charge in [-0.3, -0.25) is 4.99 Å². The maximum Gasteiger partial charge on any atom is 0.193 e. The van der Waals surface area contributed by atoms with E-state index in [2.05, 4.69) is 32.7 Å². The molecule has 0 aliphatic carbocycles. The van der Waals surface area contributed by atoms with Crippen molar-refractivity contribution in [1.29, 1.82) is 0 Å². The molecule has 2 rings (SSSR count). The molecule has 4 nitrogen and oxygen atoms in total. The van der Waals surface area contributed by atoms with E-state index in [1.165, 1.54) is 4.88 Å². The number of guanidine groups is 1. The van der Waals surface area contributed by atoms with E-state index in [4.69, 9.17) is 4.74 Å². The van der Waals surface area contributed by atoms with E-state index < -0.39 is 0 Å². The van der Waals surface area contributed by atoms with Crippen molar-refractivity contribution in [1.82, 2.24) is 10.2 Å². The molecule has 0 aliphatic rings. The van der Waals surface area contributed by atoms with Crippen molar-refractivity contribution in [3.8, 4) is 5.75 Å². The Labute approximate surface area is 153 Å². The number of hydrogen-bond acceptors (Lipinski definition) is 3. The molecule has 2 aromatic rings. The summed E-state index contributed by atoms with van der Waals surface area (Å²) in [5, 5.41) is 5.43. The molecule has 0 fully saturated rings. The van der Waals surface area contributed by atoms with E-state index in [0.29, 0.717) is 6.61 Å². The predicted molar refractivity (Wildman–Crippen MR) is 104 cm³/mol. The van der Waals surface area contributed by atoms with Gasteiger partial charge >= 0.3 is 0 Å². The highest BCUT2D eigenvalue weighted by Gasteiger charge is 2.06. The molecule has 120 valence electrons. The molecule has 1 aromatic carbocycles. The van der Waals surface area contributed by atoms with Crippen molar-refractivity contribution in [2.75, 3.05) is 27.2 Å². The van der Waals surface area contributed by atoms with E-state index in [1.807, 2.05) is 37.4 Å². The Kier molecular flexibility index (Phi) is 8.91. The second-order valence-corrected chi connectivity index (χ2v) is 5.60. The number of thiophene rings is 1. The molecule has 0 radical (unpaired) electrons. The number of likely N-dealkylation sites (N-methyl/N-ethyl adjacent to an activating group) is 1. The molecular formula is C16H22IN3OS. The molecular weight excluding hydrogens is 409 g/mol. The summed E-state index contributed by atoms with van der Waals surface area (Å²) in [6, 6.07) is 14.0. The summed E-state index contributed by atoms with van der Waals surface area (Å²) in [5.41, 5.74) is 0. The number of hydrogen-bond donors (Lipinski definition) is 1. The van der Waals surface area contributed by atoms with Crippen molar-refractivity contribution in [2.45, 2.75) is 6.54 Å². The average molecular weight is 431 g/mol. The Hall–Kier alpha value is -1.28. The van der Waals surface area contributed by atoms with Crippen molar-refractivity contribution in [2.24, 2.45) is 4.99 Å². The Balaban J connectivity index is 0.00000242. The van der Waals surface area contributed by atoms with Crippen LogP contribution in [0.5, 0.6) is 5.75 Å². The minimum atomic E-state index is 0. The quantitative estimate of drug-likeness (QED) is 0.433. The highest BCUT2D eigenvalue weighted by molar-refractivity contribution is 14.0. The zero-order valence-corrected chi connectivity index (χ0v) is 16.0. The van der Waals surface area contributed by atoms with Crippen LogP contribution in [-0.4, -0.2) is 38.1 Å². The fraction of sp³-hybridized carbons (Fsp3) is 0.312. The first-order valence-electron chi connectivity index (χ1n) is 6.91. The molecule has 1 heterocycles. The van der Waals surface area contributed by atoms with Crippen LogP contribution in [0.15, 0.2) is 52.8 Å². The van der Waals surface area contributed by atoms with Crippen LogP contribution < -0.4 is 10.1 Å². The monoisotopic (exact) mass is 431 g/mol. The largest absolute Gasteiger partial charge is 0.492 e. The SMILES string of the molecule is CN=C(NCc1cccs1)N(C)CCOc1ccccc1.I. The third-order valence-corrected chi connectivity index (χ3v) is 3.89. The van der Waals surface area contributed by atoms with Gasteiger partial charge in [-0.2, -0.15) is 0 Å². The third kappa shape index (κ3) is 6.23. The number of para-hydroxylation sites is 1. The summed E-state index contributed by atoms with van der Waals surface area (Å²) >= 11 is 1.74. The number of rotatable bonds is 6. The first kappa shape index (κ1) is 18.8. The van der Waals surface area contributed by atoms with Gasteiger partial charge in [0.15, 0.2) is 5.96 Å². The number of halogens is 1. The average Bonchev–Trinajstić information content (AvgIpc) is 3.02. The minimum Gasteiger partial charge on any atom is -0.492 e. The summed E-state index contributed by atoms with van der Waals surface area (Å²) in [6.45, 7) is 2.20. The lowest BCUT2D eigenvalue weighted by Gasteiger charge is -2.22. The summed E-state index contributed by atoms with van der Waals surface area (Å²) < 4.78 is 5.70. The van der Waals surface area contributed by atoms with Gasteiger partial charge in [0, 0.05) is 19.0 Å². The second-order valence-electron chi connectivity index (χ2n) is 4.56. The Bertz CT molecular complexity index is 546. The van der Waals surface area contributed by atoms with Crippen LogP contribution in [0.2, 0.25) is 0 Å². The number of aliphatic imine (C=N–C) groups is 1. The Morgan fingerprint density at radius 2 is 2.00 bits per heavy atom. The fourth-order valence-corrected chi connectivity index (χ4v) is 2.53. The molecule has 1 N–H and O–H groups in total. The lowest BCUT2D eigenvalue weighted by molar-refractivity contribution is 0.281. The van der Waals surface area contributed by atoms with E-state index in [1.54, 1.807) is 18.4 Å². The standard InChI is InChI=1S/C16H21N3OS.HI/c1-17-16(18-13-15-9-6-12-21-15)19(2)10-11-20-14-7-4-3-5-8-14;/h3-9,12H,10-11,13H2,1-2H3,(H,17,18);1H. The van der Waals surface area contributed by atoms with Gasteiger partial charge in [-0.05, 0) is 23.6 Å². The fourth-order valence-electron chi connectivity index (χ4n) is 1.89. The van der Waals surface area contributed by atoms with Crippen LogP contribution in [-0.2, 0) is 6.54 Å². The Morgan fingerprint density at radius 3 is 2.64 bits per heavy atom. The number of nitrogens with zero attached hydrogens (tertiary/aromatic N) is 2. The molecule has 0 amide bonds. The van der Waals surface area contributed by atoms with Gasteiger partial charge in [-0.25, -0.2) is 0 Å². The smallest absolute Gasteiger partial charge is 0.193 e. The predicted octanol–water partition coefficient (Wildman–Crippen LogP) is 3.45. The first-order chi connectivity index (χ1) is 10.3. The maximum absolute atomic E-state index is 5.70. The number of nitrogens with one attached hydrogen (secondary N) is 1. The lowest BCUT2D eigenvalue weighted by atomic mass is 10.3. The van der Waals surface area contributed by atoms with Crippen molar-refractivity contribution < 1.29 is 4.74 Å². The zero-order chi connectivity index (χ0) is 14.9. The van der Waals surface area contributed by atoms with Gasteiger partial charge < -0.3 is 15.0 Å². The van der Waals surface area contributed by atoms with Gasteiger partial charge in [0.05, 0.1) is 13.1 Å². The molecule has 22 heavy (non-hydrogen) atoms. The van der Waals surface area contributed by atoms with Crippen LogP contribution in [0.25, 0.3) is 0 Å². The molecule has 1 aromatic heterocycles. The van der Waals surface area contributed by atoms with Gasteiger partial charge in [-0.1, -0.05) is 24.3 Å². The third-order valence-electron chi connectivity index (χ3n) is 3.01. The number of benzene rings is 1. The zero-order valence-electron chi connectivity index (χ0n) is 12.9. The van der Waals surface area contributed by atoms with E-state index in [-0.39, 0.29) is 24.0 Å². The topological polar surface area (TPSA) is 36.9 Å². The number of ether oxygens (including phenoxy) is 1. The molecule has 0 unspecified atom stereocenters. The maximum atomic E-state index is 5.70. The van der Waals surface area contributed by atoms with Gasteiger partial charge in [0.1, 0.15) is 12.4 Å². The van der Waals surface area contributed by atoms with Crippen molar-refractivity contribution >= 4 is 41.3 Å². The molecule has 0 spiro atoms. The Morgan fingerprint density at radius 1 is 1.23 bits per heavy atom. The molecule has 6 heteroatoms. The van der Waals surface area contributed by atoms with Gasteiger partial charge in [0.2, 0.25) is 0 Å². The minimum absolute atomic E-state index is 0. The van der Waals surface area contributed by atoms with Gasteiger partial charge in [-0.15, -0.1) is 35.3 Å². The first-order valence-corrected chi connectivity index (χ1v) is 7.79. The molecule has 0 bridgehead atoms. The van der Waals surface area contributed by atoms with Crippen molar-refractivity contribution in [3.05, 3.63) is 52.7 Å². The lowest BCUT2D eigenvalue weighted by Crippen LogP contribution is -2.40. The van der Waals surface area contributed by atoms with Crippen LogP contribution in [0, 0.1) is 0 Å². The van der Waals surface area contributed by atoms with Crippen molar-refractivity contribution in [3.63, 3.8) is 0 Å². The summed E-state index contributed by atoms with van der Waals surface area (Å²) in [7, 11) is 3.81. The highest BCUT2D eigenvalue weighted by atomic mass is 127. The molecule has 0 atom stereocenters. The van der Waals surface area contributed by atoms with E-state index >= 15 is 0 Å². The molecule has 0 saturated carbocycles. The normalized spacial score (nSPS) is 10.7. The summed E-state index contributed by atoms with van der Waals surface area (Å²) in [5.74, 6) is 1.77. The summed E-state index contributed by atoms with van der Waals surface area (Å²) in [6.07, 6.45) is 0. The van der Waals surface area contributed by atoms with Crippen LogP contribution in [0.3, 0.4) is 0 Å². The molecule has 0 aliphatic heterocycles. The summed E-state index contributed by atoms with van der Waals surface area (Å²) in [4.78, 5) is 7.66. The van der Waals surface area contributed by atoms with E-state index in [9.17, 15) is 0 Å².